The number of hydrogen-bond acceptors (Lipinski definition) is 0. The van der Waals surface area contributed by atoms with Crippen LogP contribution in [0.15, 0.2) is 60.7 Å². The molecule has 19 heavy (non-hydrogen) atoms. The number of para-hydroxylation sites is 2. The first-order valence-electron chi connectivity index (χ1n) is 6.52. The van der Waals surface area contributed by atoms with Crippen LogP contribution < -0.4 is 6.41 Å². The number of aromatic amines is 2. The molecule has 2 aromatic carbocycles. The van der Waals surface area contributed by atoms with Crippen molar-refractivity contribution in [3.05, 3.63) is 60.7 Å². The Morgan fingerprint density at radius 1 is 0.632 bits per heavy atom. The van der Waals surface area contributed by atoms with Gasteiger partial charge in [0.05, 0.1) is 0 Å². The molecule has 0 atom stereocenters. The minimum absolute atomic E-state index is 1.26. The summed E-state index contributed by atoms with van der Waals surface area (Å²) < 4.78 is 2.93. The van der Waals surface area contributed by atoms with Gasteiger partial charge in [-0.05, 0) is 0 Å². The monoisotopic (exact) mass is 434 g/mol. The molecule has 0 aliphatic carbocycles. The van der Waals surface area contributed by atoms with Crippen LogP contribution >= 0.6 is 0 Å². The maximum absolute atomic E-state index is 3.57. The van der Waals surface area contributed by atoms with E-state index in [0.717, 1.165) is 0 Å². The number of rotatable bonds is 2. The molecule has 0 spiro atoms. The van der Waals surface area contributed by atoms with Crippen LogP contribution in [-0.4, -0.2) is 9.97 Å². The summed E-state index contributed by atoms with van der Waals surface area (Å²) >= 11 is -1.29. The van der Waals surface area contributed by atoms with Gasteiger partial charge in [0.15, 0.2) is 0 Å². The van der Waals surface area contributed by atoms with Crippen LogP contribution in [0, 0.1) is 0 Å². The fraction of sp³-hybridized carbons (Fsp3) is 0. The first-order valence-corrected chi connectivity index (χ1v) is 12.0. The van der Waals surface area contributed by atoms with Gasteiger partial charge in [0, 0.05) is 0 Å². The molecule has 0 aliphatic rings. The number of benzene rings is 2. The van der Waals surface area contributed by atoms with Crippen molar-refractivity contribution in [3.8, 4) is 0 Å². The maximum atomic E-state index is 3.57. The van der Waals surface area contributed by atoms with Gasteiger partial charge in [-0.1, -0.05) is 0 Å². The van der Waals surface area contributed by atoms with E-state index in [2.05, 4.69) is 70.6 Å². The zero-order valence-electron chi connectivity index (χ0n) is 10.5. The van der Waals surface area contributed by atoms with Gasteiger partial charge >= 0.3 is 123 Å². The zero-order valence-corrected chi connectivity index (χ0v) is 16.0. The number of aromatic nitrogens is 2. The Kier molecular flexibility index (Phi) is 2.69. The van der Waals surface area contributed by atoms with Crippen molar-refractivity contribution in [1.29, 1.82) is 0 Å². The van der Waals surface area contributed by atoms with Gasteiger partial charge in [-0.25, -0.2) is 0 Å². The molecular formula is C16H12HgN2. The van der Waals surface area contributed by atoms with Crippen molar-refractivity contribution in [3.63, 3.8) is 0 Å². The van der Waals surface area contributed by atoms with Crippen LogP contribution in [0.3, 0.4) is 0 Å². The predicted molar refractivity (Wildman–Crippen MR) is 75.9 cm³/mol. The zero-order chi connectivity index (χ0) is 12.7. The Hall–Kier alpha value is -1.54. The quantitative estimate of drug-likeness (QED) is 0.456. The van der Waals surface area contributed by atoms with Crippen LogP contribution in [-0.2, 0) is 24.6 Å². The predicted octanol–water partition coefficient (Wildman–Crippen LogP) is 2.68. The van der Waals surface area contributed by atoms with Crippen molar-refractivity contribution in [2.45, 2.75) is 0 Å². The molecule has 2 heterocycles. The summed E-state index contributed by atoms with van der Waals surface area (Å²) in [5, 5.41) is 2.65. The van der Waals surface area contributed by atoms with Gasteiger partial charge in [-0.15, -0.1) is 0 Å². The van der Waals surface area contributed by atoms with Crippen LogP contribution in [0.2, 0.25) is 0 Å². The van der Waals surface area contributed by atoms with Gasteiger partial charge < -0.3 is 0 Å². The van der Waals surface area contributed by atoms with E-state index in [1.165, 1.54) is 28.2 Å². The van der Waals surface area contributed by atoms with Crippen molar-refractivity contribution in [2.75, 3.05) is 0 Å². The summed E-state index contributed by atoms with van der Waals surface area (Å²) in [4.78, 5) is 7.13. The second kappa shape index (κ2) is 4.53. The molecule has 0 fully saturated rings. The number of hydrogen-bond donors (Lipinski definition) is 2. The Bertz CT molecular complexity index is 719. The minimum atomic E-state index is -1.29. The Labute approximate surface area is 123 Å². The molecule has 0 amide bonds. The van der Waals surface area contributed by atoms with Crippen molar-refractivity contribution in [2.24, 2.45) is 0 Å². The molecule has 0 unspecified atom stereocenters. The third-order valence-electron chi connectivity index (χ3n) is 3.55. The van der Waals surface area contributed by atoms with Gasteiger partial charge in [0.25, 0.3) is 0 Å². The molecule has 2 aromatic heterocycles. The third kappa shape index (κ3) is 2.10. The molecule has 0 radical (unpaired) electrons. The van der Waals surface area contributed by atoms with E-state index >= 15 is 0 Å². The van der Waals surface area contributed by atoms with E-state index in [9.17, 15) is 0 Å². The molecule has 88 valence electrons. The van der Waals surface area contributed by atoms with Gasteiger partial charge in [-0.3, -0.25) is 0 Å². The summed E-state index contributed by atoms with van der Waals surface area (Å²) in [5.41, 5.74) is 2.52. The molecule has 0 saturated heterocycles. The molecule has 0 saturated carbocycles. The topological polar surface area (TPSA) is 31.6 Å². The van der Waals surface area contributed by atoms with Gasteiger partial charge in [-0.2, -0.15) is 0 Å². The summed E-state index contributed by atoms with van der Waals surface area (Å²) in [7, 11) is 0. The van der Waals surface area contributed by atoms with E-state index in [4.69, 9.17) is 0 Å². The van der Waals surface area contributed by atoms with E-state index in [-0.39, 0.29) is 0 Å². The van der Waals surface area contributed by atoms with Crippen molar-refractivity contribution >= 4 is 28.2 Å². The first-order chi connectivity index (χ1) is 9.38. The molecule has 2 N–H and O–H groups in total. The molecule has 0 bridgehead atoms. The Morgan fingerprint density at radius 3 is 1.58 bits per heavy atom. The Balaban J connectivity index is 1.73. The van der Waals surface area contributed by atoms with Crippen LogP contribution in [0.5, 0.6) is 0 Å². The molecule has 0 aliphatic heterocycles. The molecule has 3 heteroatoms. The van der Waals surface area contributed by atoms with E-state index in [1.54, 1.807) is 0 Å². The van der Waals surface area contributed by atoms with E-state index < -0.39 is 24.6 Å². The SMILES string of the molecule is c1ccc2[nH][c]([Hg][c]3cc4ccccc4[nH]3)cc2c1. The third-order valence-corrected chi connectivity index (χ3v) is 9.48. The number of H-pyrrole nitrogens is 2. The molecule has 4 rings (SSSR count). The fourth-order valence-corrected chi connectivity index (χ4v) is 8.93. The fourth-order valence-electron chi connectivity index (χ4n) is 2.66. The van der Waals surface area contributed by atoms with Crippen molar-refractivity contribution in [1.82, 2.24) is 9.97 Å². The molecule has 4 aromatic rings. The standard InChI is InChI=1S/2C8H6N.Hg/c2*1-2-4-8-7(3-1)5-6-9-8;/h2*1-5,9H;. The van der Waals surface area contributed by atoms with E-state index in [1.807, 2.05) is 0 Å². The van der Waals surface area contributed by atoms with Gasteiger partial charge in [0.2, 0.25) is 0 Å². The van der Waals surface area contributed by atoms with Crippen LogP contribution in [0.4, 0.5) is 0 Å². The van der Waals surface area contributed by atoms with Crippen LogP contribution in [0.25, 0.3) is 21.8 Å². The summed E-state index contributed by atoms with van der Waals surface area (Å²) in [6.07, 6.45) is 0. The van der Waals surface area contributed by atoms with Crippen molar-refractivity contribution < 1.29 is 24.6 Å². The first kappa shape index (κ1) is 11.3. The summed E-state index contributed by atoms with van der Waals surface area (Å²) in [5.74, 6) is 0. The summed E-state index contributed by atoms with van der Waals surface area (Å²) in [6, 6.07) is 21.7. The summed E-state index contributed by atoms with van der Waals surface area (Å²) in [6.45, 7) is 0. The molecule has 2 nitrogen and oxygen atoms in total. The van der Waals surface area contributed by atoms with Crippen LogP contribution in [0.1, 0.15) is 0 Å². The normalized spacial score (nSPS) is 10.9. The van der Waals surface area contributed by atoms with Gasteiger partial charge in [0.1, 0.15) is 0 Å². The number of fused-ring (bicyclic) bond motifs is 2. The van der Waals surface area contributed by atoms with E-state index in [0.29, 0.717) is 0 Å². The number of nitrogens with one attached hydrogen (secondary N) is 2. The second-order valence-electron chi connectivity index (χ2n) is 4.94. The Morgan fingerprint density at radius 2 is 1.11 bits per heavy atom. The second-order valence-corrected chi connectivity index (χ2v) is 12.2. The molecular weight excluding hydrogens is 421 g/mol. The average Bonchev–Trinajstić information content (AvgIpc) is 3.00. The average molecular weight is 433 g/mol.